The van der Waals surface area contributed by atoms with E-state index in [1.165, 1.54) is 31.2 Å². The SMILES string of the molecule is CC(=O)N(c1ccc(Nc2c3ccc([N+](=O)[O-])cc3nc3c(C)cccc23)cc1)S(C)(=O)=O. The third-order valence-electron chi connectivity index (χ3n) is 5.19. The van der Waals surface area contributed by atoms with Crippen LogP contribution in [0.25, 0.3) is 21.8 Å². The summed E-state index contributed by atoms with van der Waals surface area (Å²) in [5.41, 5.74) is 3.64. The molecule has 0 aliphatic rings. The van der Waals surface area contributed by atoms with Crippen LogP contribution in [0.15, 0.2) is 60.7 Å². The highest BCUT2D eigenvalue weighted by molar-refractivity contribution is 7.92. The van der Waals surface area contributed by atoms with E-state index in [1.54, 1.807) is 18.2 Å². The number of nitrogens with zero attached hydrogens (tertiary/aromatic N) is 3. The number of nitro groups is 1. The summed E-state index contributed by atoms with van der Waals surface area (Å²) in [6, 6.07) is 16.6. The third-order valence-corrected chi connectivity index (χ3v) is 6.32. The highest BCUT2D eigenvalue weighted by atomic mass is 32.2. The smallest absolute Gasteiger partial charge is 0.271 e. The number of nitrogens with one attached hydrogen (secondary N) is 1. The molecule has 3 aromatic carbocycles. The average Bonchev–Trinajstić information content (AvgIpc) is 2.74. The number of benzene rings is 3. The van der Waals surface area contributed by atoms with Crippen molar-refractivity contribution >= 4 is 60.5 Å². The van der Waals surface area contributed by atoms with Gasteiger partial charge in [-0.25, -0.2) is 17.7 Å². The summed E-state index contributed by atoms with van der Waals surface area (Å²) in [5.74, 6) is -0.610. The molecule has 0 bridgehead atoms. The Morgan fingerprint density at radius 1 is 1.06 bits per heavy atom. The maximum atomic E-state index is 12.0. The molecule has 1 amide bonds. The first-order valence-electron chi connectivity index (χ1n) is 9.91. The van der Waals surface area contributed by atoms with Crippen LogP contribution in [0.5, 0.6) is 0 Å². The number of carbonyl (C=O) groups is 1. The standard InChI is InChI=1S/C23H20N4O5S/c1-14-5-4-6-20-22(14)25-21-13-18(27(29)30)11-12-19(21)23(20)24-16-7-9-17(10-8-16)26(15(2)28)33(3,31)32/h4-13H,1-3H3,(H,24,25). The number of anilines is 3. The number of para-hydroxylation sites is 1. The lowest BCUT2D eigenvalue weighted by atomic mass is 10.0. The van der Waals surface area contributed by atoms with E-state index in [2.05, 4.69) is 10.3 Å². The van der Waals surface area contributed by atoms with Crippen LogP contribution in [0.3, 0.4) is 0 Å². The van der Waals surface area contributed by atoms with Crippen molar-refractivity contribution in [1.82, 2.24) is 4.98 Å². The normalized spacial score (nSPS) is 11.5. The number of aryl methyl sites for hydroxylation is 1. The fraction of sp³-hybridized carbons (Fsp3) is 0.130. The molecule has 0 spiro atoms. The summed E-state index contributed by atoms with van der Waals surface area (Å²) >= 11 is 0. The van der Waals surface area contributed by atoms with E-state index in [1.807, 2.05) is 25.1 Å². The van der Waals surface area contributed by atoms with Gasteiger partial charge in [0.05, 0.1) is 33.6 Å². The fourth-order valence-corrected chi connectivity index (χ4v) is 4.75. The second kappa shape index (κ2) is 8.14. The van der Waals surface area contributed by atoms with Crippen molar-refractivity contribution in [3.63, 3.8) is 0 Å². The van der Waals surface area contributed by atoms with Crippen LogP contribution < -0.4 is 9.62 Å². The number of carbonyl (C=O) groups excluding carboxylic acids is 1. The molecule has 0 aliphatic carbocycles. The first kappa shape index (κ1) is 22.2. The van der Waals surface area contributed by atoms with Gasteiger partial charge in [-0.2, -0.15) is 0 Å². The molecule has 0 atom stereocenters. The number of pyridine rings is 1. The molecule has 9 nitrogen and oxygen atoms in total. The molecule has 1 aromatic heterocycles. The molecule has 0 saturated carbocycles. The van der Waals surface area contributed by atoms with E-state index < -0.39 is 20.9 Å². The van der Waals surface area contributed by atoms with Crippen molar-refractivity contribution in [2.45, 2.75) is 13.8 Å². The number of non-ortho nitro benzene ring substituents is 1. The largest absolute Gasteiger partial charge is 0.354 e. The average molecular weight is 465 g/mol. The first-order chi connectivity index (χ1) is 15.6. The van der Waals surface area contributed by atoms with Crippen molar-refractivity contribution in [2.75, 3.05) is 15.9 Å². The Bertz CT molecular complexity index is 1530. The van der Waals surface area contributed by atoms with E-state index in [9.17, 15) is 23.3 Å². The Morgan fingerprint density at radius 2 is 1.76 bits per heavy atom. The molecule has 1 heterocycles. The number of sulfonamides is 1. The summed E-state index contributed by atoms with van der Waals surface area (Å²) in [6.07, 6.45) is 0.970. The van der Waals surface area contributed by atoms with Gasteiger partial charge in [-0.05, 0) is 42.8 Å². The zero-order valence-corrected chi connectivity index (χ0v) is 18.9. The summed E-state index contributed by atoms with van der Waals surface area (Å²) in [6.45, 7) is 3.10. The van der Waals surface area contributed by atoms with Gasteiger partial charge in [-0.15, -0.1) is 0 Å². The highest BCUT2D eigenvalue weighted by Crippen LogP contribution is 2.36. The molecule has 4 rings (SSSR count). The van der Waals surface area contributed by atoms with Crippen LogP contribution in [-0.4, -0.2) is 30.5 Å². The number of fused-ring (bicyclic) bond motifs is 2. The number of rotatable bonds is 5. The van der Waals surface area contributed by atoms with Crippen molar-refractivity contribution < 1.29 is 18.1 Å². The predicted molar refractivity (Wildman–Crippen MR) is 128 cm³/mol. The van der Waals surface area contributed by atoms with Gasteiger partial charge >= 0.3 is 0 Å². The Morgan fingerprint density at radius 3 is 2.36 bits per heavy atom. The number of nitro benzene ring substituents is 1. The lowest BCUT2D eigenvalue weighted by Crippen LogP contribution is -2.34. The van der Waals surface area contributed by atoms with Crippen LogP contribution >= 0.6 is 0 Å². The van der Waals surface area contributed by atoms with Gasteiger partial charge in [-0.1, -0.05) is 18.2 Å². The van der Waals surface area contributed by atoms with Crippen LogP contribution in [0, 0.1) is 17.0 Å². The molecule has 1 N–H and O–H groups in total. The van der Waals surface area contributed by atoms with Gasteiger partial charge in [0.2, 0.25) is 15.9 Å². The molecule has 33 heavy (non-hydrogen) atoms. The molecule has 0 unspecified atom stereocenters. The Labute approximate surface area is 189 Å². The molecule has 0 fully saturated rings. The van der Waals surface area contributed by atoms with Gasteiger partial charge in [0.15, 0.2) is 0 Å². The van der Waals surface area contributed by atoms with E-state index in [4.69, 9.17) is 0 Å². The van der Waals surface area contributed by atoms with E-state index in [0.717, 1.165) is 21.5 Å². The zero-order chi connectivity index (χ0) is 23.9. The number of aromatic nitrogens is 1. The number of amides is 1. The minimum Gasteiger partial charge on any atom is -0.354 e. The van der Waals surface area contributed by atoms with Crippen molar-refractivity contribution in [1.29, 1.82) is 0 Å². The Hall–Kier alpha value is -4.05. The van der Waals surface area contributed by atoms with Crippen molar-refractivity contribution in [2.24, 2.45) is 0 Å². The predicted octanol–water partition coefficient (Wildman–Crippen LogP) is 4.66. The summed E-state index contributed by atoms with van der Waals surface area (Å²) in [5, 5.41) is 16.1. The molecule has 0 aliphatic heterocycles. The van der Waals surface area contributed by atoms with Crippen LogP contribution in [-0.2, 0) is 14.8 Å². The zero-order valence-electron chi connectivity index (χ0n) is 18.1. The van der Waals surface area contributed by atoms with E-state index >= 15 is 0 Å². The number of hydrogen-bond acceptors (Lipinski definition) is 7. The van der Waals surface area contributed by atoms with Crippen molar-refractivity contribution in [3.05, 3.63) is 76.3 Å². The second-order valence-corrected chi connectivity index (χ2v) is 9.47. The lowest BCUT2D eigenvalue weighted by molar-refractivity contribution is -0.384. The fourth-order valence-electron chi connectivity index (χ4n) is 3.78. The maximum Gasteiger partial charge on any atom is 0.271 e. The molecule has 10 heteroatoms. The van der Waals surface area contributed by atoms with Crippen molar-refractivity contribution in [3.8, 4) is 0 Å². The monoisotopic (exact) mass is 464 g/mol. The molecular formula is C23H20N4O5S. The summed E-state index contributed by atoms with van der Waals surface area (Å²) < 4.78 is 24.7. The lowest BCUT2D eigenvalue weighted by Gasteiger charge is -2.19. The summed E-state index contributed by atoms with van der Waals surface area (Å²) in [7, 11) is -3.76. The minimum absolute atomic E-state index is 0.0525. The first-order valence-corrected chi connectivity index (χ1v) is 11.8. The van der Waals surface area contributed by atoms with Gasteiger partial charge in [0.1, 0.15) is 0 Å². The van der Waals surface area contributed by atoms with Gasteiger partial charge < -0.3 is 5.32 Å². The maximum absolute atomic E-state index is 12.0. The summed E-state index contributed by atoms with van der Waals surface area (Å²) in [4.78, 5) is 27.3. The molecule has 0 radical (unpaired) electrons. The van der Waals surface area contributed by atoms with Gasteiger partial charge in [-0.3, -0.25) is 14.9 Å². The minimum atomic E-state index is -3.76. The molecule has 168 valence electrons. The quantitative estimate of drug-likeness (QED) is 0.259. The Balaban J connectivity index is 1.84. The van der Waals surface area contributed by atoms with Crippen LogP contribution in [0.2, 0.25) is 0 Å². The third kappa shape index (κ3) is 4.20. The van der Waals surface area contributed by atoms with Crippen LogP contribution in [0.1, 0.15) is 12.5 Å². The molecular weight excluding hydrogens is 444 g/mol. The Kier molecular flexibility index (Phi) is 5.46. The van der Waals surface area contributed by atoms with E-state index in [0.29, 0.717) is 27.8 Å². The van der Waals surface area contributed by atoms with E-state index in [-0.39, 0.29) is 11.4 Å². The van der Waals surface area contributed by atoms with Crippen LogP contribution in [0.4, 0.5) is 22.7 Å². The number of hydrogen-bond donors (Lipinski definition) is 1. The topological polar surface area (TPSA) is 123 Å². The molecule has 0 saturated heterocycles. The van der Waals surface area contributed by atoms with Gasteiger partial charge in [0.25, 0.3) is 5.69 Å². The molecule has 4 aromatic rings. The second-order valence-electron chi connectivity index (χ2n) is 7.63. The highest BCUT2D eigenvalue weighted by Gasteiger charge is 2.22. The van der Waals surface area contributed by atoms with Gasteiger partial charge in [0, 0.05) is 35.5 Å².